The number of nitrogens with zero attached hydrogens (tertiary/aromatic N) is 2. The van der Waals surface area contributed by atoms with E-state index in [0.717, 1.165) is 4.90 Å². The Hall–Kier alpha value is -2.94. The van der Waals surface area contributed by atoms with Gasteiger partial charge in [0.2, 0.25) is 5.91 Å². The fourth-order valence-electron chi connectivity index (χ4n) is 2.41. The number of hydrogen-bond acceptors (Lipinski definition) is 4. The first-order chi connectivity index (χ1) is 13.7. The van der Waals surface area contributed by atoms with Gasteiger partial charge in [-0.15, -0.1) is 0 Å². The van der Waals surface area contributed by atoms with Gasteiger partial charge in [0.25, 0.3) is 0 Å². The third-order valence-corrected chi connectivity index (χ3v) is 3.71. The van der Waals surface area contributed by atoms with Crippen LogP contribution in [0.4, 0.5) is 17.6 Å². The minimum Gasteiger partial charge on any atom is -0.453 e. The number of alkyl halides is 3. The van der Waals surface area contributed by atoms with Gasteiger partial charge < -0.3 is 10.1 Å². The molecular formula is C20H21F4N3O2. The van der Waals surface area contributed by atoms with Gasteiger partial charge in [0.15, 0.2) is 11.6 Å². The van der Waals surface area contributed by atoms with Gasteiger partial charge in [-0.05, 0) is 55.9 Å². The lowest BCUT2D eigenvalue weighted by Gasteiger charge is -2.18. The van der Waals surface area contributed by atoms with E-state index >= 15 is 0 Å². The maximum Gasteiger partial charge on any atom is 0.401 e. The Morgan fingerprint density at radius 2 is 2.10 bits per heavy atom. The highest BCUT2D eigenvalue weighted by molar-refractivity contribution is 5.91. The predicted molar refractivity (Wildman–Crippen MR) is 101 cm³/mol. The molecule has 2 aromatic rings. The fourth-order valence-corrected chi connectivity index (χ4v) is 2.41. The molecule has 1 N–H and O–H groups in total. The average Bonchev–Trinajstić information content (AvgIpc) is 2.65. The number of ether oxygens (including phenoxy) is 1. The monoisotopic (exact) mass is 411 g/mol. The molecule has 0 saturated carbocycles. The number of aromatic nitrogens is 1. The van der Waals surface area contributed by atoms with Gasteiger partial charge in [-0.2, -0.15) is 13.2 Å². The van der Waals surface area contributed by atoms with Crippen LogP contribution in [-0.2, 0) is 4.79 Å². The Morgan fingerprint density at radius 3 is 2.76 bits per heavy atom. The van der Waals surface area contributed by atoms with Gasteiger partial charge in [-0.25, -0.2) is 4.39 Å². The summed E-state index contributed by atoms with van der Waals surface area (Å²) in [4.78, 5) is 16.8. The van der Waals surface area contributed by atoms with Crippen molar-refractivity contribution in [2.45, 2.75) is 12.6 Å². The highest BCUT2D eigenvalue weighted by atomic mass is 19.4. The van der Waals surface area contributed by atoms with Crippen LogP contribution in [0.15, 0.2) is 48.8 Å². The van der Waals surface area contributed by atoms with Crippen molar-refractivity contribution in [1.29, 1.82) is 0 Å². The topological polar surface area (TPSA) is 54.5 Å². The molecule has 1 aromatic carbocycles. The number of carbonyl (C=O) groups is 1. The second kappa shape index (κ2) is 10.6. The average molecular weight is 411 g/mol. The summed E-state index contributed by atoms with van der Waals surface area (Å²) in [7, 11) is 1.37. The molecule has 0 spiro atoms. The summed E-state index contributed by atoms with van der Waals surface area (Å²) in [5.74, 6) is -0.582. The lowest BCUT2D eigenvalue weighted by atomic mass is 10.2. The van der Waals surface area contributed by atoms with E-state index in [-0.39, 0.29) is 18.8 Å². The molecule has 1 heterocycles. The summed E-state index contributed by atoms with van der Waals surface area (Å²) in [5, 5.41) is 2.57. The summed E-state index contributed by atoms with van der Waals surface area (Å²) in [5.41, 5.74) is 0.459. The molecule has 0 radical (unpaired) electrons. The van der Waals surface area contributed by atoms with E-state index in [2.05, 4.69) is 10.3 Å². The Balaban J connectivity index is 1.77. The van der Waals surface area contributed by atoms with E-state index in [1.54, 1.807) is 24.4 Å². The summed E-state index contributed by atoms with van der Waals surface area (Å²) in [6, 6.07) is 7.56. The summed E-state index contributed by atoms with van der Waals surface area (Å²) < 4.78 is 56.2. The van der Waals surface area contributed by atoms with E-state index in [4.69, 9.17) is 4.74 Å². The second-order valence-electron chi connectivity index (χ2n) is 6.31. The summed E-state index contributed by atoms with van der Waals surface area (Å²) in [6.45, 7) is -0.558. The molecule has 0 atom stereocenters. The molecule has 5 nitrogen and oxygen atoms in total. The van der Waals surface area contributed by atoms with Gasteiger partial charge in [0.1, 0.15) is 5.75 Å². The molecule has 29 heavy (non-hydrogen) atoms. The zero-order chi connectivity index (χ0) is 21.3. The van der Waals surface area contributed by atoms with Crippen LogP contribution in [0.1, 0.15) is 12.0 Å². The molecule has 0 aliphatic heterocycles. The standard InChI is InChI=1S/C20H21F4N3O2/c1-27(14-20(22,23)24)11-3-10-26-19(28)8-6-15-5-7-18(17(21)12-15)29-16-4-2-9-25-13-16/h2,4-9,12-13H,3,10-11,14H2,1H3,(H,26,28)/b8-6+. The molecule has 1 amide bonds. The number of amides is 1. The van der Waals surface area contributed by atoms with Crippen LogP contribution >= 0.6 is 0 Å². The van der Waals surface area contributed by atoms with Crippen molar-refractivity contribution < 1.29 is 27.1 Å². The molecule has 2 rings (SSSR count). The number of pyridine rings is 1. The van der Waals surface area contributed by atoms with Gasteiger partial charge >= 0.3 is 6.18 Å². The van der Waals surface area contributed by atoms with Crippen LogP contribution in [0.5, 0.6) is 11.5 Å². The first-order valence-electron chi connectivity index (χ1n) is 8.81. The predicted octanol–water partition coefficient (Wildman–Crippen LogP) is 4.03. The van der Waals surface area contributed by atoms with Gasteiger partial charge in [-0.3, -0.25) is 14.7 Å². The lowest BCUT2D eigenvalue weighted by molar-refractivity contribution is -0.143. The maximum atomic E-state index is 14.1. The zero-order valence-electron chi connectivity index (χ0n) is 15.7. The summed E-state index contributed by atoms with van der Waals surface area (Å²) >= 11 is 0. The lowest BCUT2D eigenvalue weighted by Crippen LogP contribution is -2.33. The number of nitrogens with one attached hydrogen (secondary N) is 1. The molecule has 0 unspecified atom stereocenters. The van der Waals surface area contributed by atoms with Crippen molar-refractivity contribution >= 4 is 12.0 Å². The van der Waals surface area contributed by atoms with Crippen LogP contribution in [0, 0.1) is 5.82 Å². The molecule has 156 valence electrons. The molecule has 0 fully saturated rings. The molecule has 0 bridgehead atoms. The Kier molecular flexibility index (Phi) is 8.14. The quantitative estimate of drug-likeness (QED) is 0.385. The van der Waals surface area contributed by atoms with Crippen LogP contribution in [0.2, 0.25) is 0 Å². The molecule has 9 heteroatoms. The van der Waals surface area contributed by atoms with Crippen molar-refractivity contribution in [3.05, 3.63) is 60.2 Å². The Morgan fingerprint density at radius 1 is 1.31 bits per heavy atom. The number of rotatable bonds is 9. The number of benzene rings is 1. The Labute approximate surface area is 166 Å². The minimum atomic E-state index is -4.24. The summed E-state index contributed by atoms with van der Waals surface area (Å²) in [6.07, 6.45) is 1.83. The number of halogens is 4. The van der Waals surface area contributed by atoms with Crippen LogP contribution in [0.25, 0.3) is 6.08 Å². The highest BCUT2D eigenvalue weighted by Crippen LogP contribution is 2.24. The van der Waals surface area contributed by atoms with Gasteiger partial charge in [0.05, 0.1) is 12.7 Å². The van der Waals surface area contributed by atoms with Gasteiger partial charge in [0, 0.05) is 18.8 Å². The van der Waals surface area contributed by atoms with E-state index in [1.807, 2.05) is 0 Å². The van der Waals surface area contributed by atoms with Gasteiger partial charge in [-0.1, -0.05) is 6.07 Å². The third-order valence-electron chi connectivity index (χ3n) is 3.71. The van der Waals surface area contributed by atoms with Crippen LogP contribution in [0.3, 0.4) is 0 Å². The van der Waals surface area contributed by atoms with Crippen molar-refractivity contribution in [2.24, 2.45) is 0 Å². The Bertz CT molecular complexity index is 826. The largest absolute Gasteiger partial charge is 0.453 e. The van der Waals surface area contributed by atoms with E-state index in [0.29, 0.717) is 17.7 Å². The van der Waals surface area contributed by atoms with Crippen LogP contribution < -0.4 is 10.1 Å². The maximum absolute atomic E-state index is 14.1. The molecule has 0 aliphatic rings. The van der Waals surface area contributed by atoms with Crippen molar-refractivity contribution in [3.63, 3.8) is 0 Å². The fraction of sp³-hybridized carbons (Fsp3) is 0.300. The highest BCUT2D eigenvalue weighted by Gasteiger charge is 2.28. The smallest absolute Gasteiger partial charge is 0.401 e. The molecule has 0 saturated heterocycles. The van der Waals surface area contributed by atoms with E-state index < -0.39 is 24.4 Å². The minimum absolute atomic E-state index is 0.0302. The first kappa shape index (κ1) is 22.4. The molecular weight excluding hydrogens is 390 g/mol. The van der Waals surface area contributed by atoms with Crippen LogP contribution in [-0.4, -0.2) is 48.6 Å². The number of carbonyl (C=O) groups excluding carboxylic acids is 1. The SMILES string of the molecule is CN(CCCNC(=O)/C=C/c1ccc(Oc2cccnc2)c(F)c1)CC(F)(F)F. The van der Waals surface area contributed by atoms with E-state index in [1.165, 1.54) is 37.5 Å². The van der Waals surface area contributed by atoms with Crippen molar-refractivity contribution in [1.82, 2.24) is 15.2 Å². The second-order valence-corrected chi connectivity index (χ2v) is 6.31. The molecule has 0 aliphatic carbocycles. The van der Waals surface area contributed by atoms with Crippen molar-refractivity contribution in [3.8, 4) is 11.5 Å². The number of hydrogen-bond donors (Lipinski definition) is 1. The van der Waals surface area contributed by atoms with E-state index in [9.17, 15) is 22.4 Å². The molecule has 1 aromatic heterocycles. The normalized spacial score (nSPS) is 11.8. The van der Waals surface area contributed by atoms with Crippen molar-refractivity contribution in [2.75, 3.05) is 26.7 Å². The first-order valence-corrected chi connectivity index (χ1v) is 8.81. The third kappa shape index (κ3) is 8.73. The zero-order valence-corrected chi connectivity index (χ0v) is 15.7.